The number of hydrogen-bond donors (Lipinski definition) is 1. The fourth-order valence-corrected chi connectivity index (χ4v) is 3.21. The third-order valence-electron chi connectivity index (χ3n) is 4.53. The zero-order valence-electron chi connectivity index (χ0n) is 15.4. The molecule has 29 heavy (non-hydrogen) atoms. The van der Waals surface area contributed by atoms with E-state index in [9.17, 15) is 9.59 Å². The third kappa shape index (κ3) is 4.13. The number of imidazole rings is 1. The van der Waals surface area contributed by atoms with Gasteiger partial charge in [0.15, 0.2) is 5.78 Å². The topological polar surface area (TPSA) is 54.9 Å². The van der Waals surface area contributed by atoms with Crippen molar-refractivity contribution in [1.82, 2.24) is 9.55 Å². The fourth-order valence-electron chi connectivity index (χ4n) is 3.09. The molecule has 5 heteroatoms. The number of rotatable bonds is 5. The Labute approximate surface area is 172 Å². The van der Waals surface area contributed by atoms with E-state index in [1.807, 2.05) is 42.5 Å². The standard InChI is InChI=1S/C24H17ClN2O2/c25-20-12-10-18(11-13-20)22-16-26-24(29)27(22)21-8-4-7-19(15-21)23(28)14-9-17-5-2-1-3-6-17/h1-16H,(H,26,29). The Hall–Kier alpha value is -3.63. The van der Waals surface area contributed by atoms with Gasteiger partial charge in [-0.05, 0) is 35.9 Å². The summed E-state index contributed by atoms with van der Waals surface area (Å²) in [5.74, 6) is -0.132. The molecule has 0 aliphatic carbocycles. The Bertz CT molecular complexity index is 1240. The molecule has 4 aromatic rings. The van der Waals surface area contributed by atoms with E-state index in [0.717, 1.165) is 11.1 Å². The summed E-state index contributed by atoms with van der Waals surface area (Å²) < 4.78 is 1.54. The van der Waals surface area contributed by atoms with Gasteiger partial charge in [0.05, 0.1) is 11.4 Å². The summed E-state index contributed by atoms with van der Waals surface area (Å²) in [5, 5.41) is 0.621. The predicted molar refractivity (Wildman–Crippen MR) is 117 cm³/mol. The van der Waals surface area contributed by atoms with Crippen molar-refractivity contribution in [3.8, 4) is 16.9 Å². The maximum Gasteiger partial charge on any atom is 0.330 e. The lowest BCUT2D eigenvalue weighted by molar-refractivity contribution is 0.104. The van der Waals surface area contributed by atoms with Gasteiger partial charge >= 0.3 is 5.69 Å². The second kappa shape index (κ2) is 8.17. The molecule has 1 heterocycles. The lowest BCUT2D eigenvalue weighted by Gasteiger charge is -2.09. The Balaban J connectivity index is 1.69. The molecule has 0 bridgehead atoms. The van der Waals surface area contributed by atoms with Crippen LogP contribution in [0.2, 0.25) is 5.02 Å². The molecule has 4 rings (SSSR count). The quantitative estimate of drug-likeness (QED) is 0.361. The molecule has 0 saturated carbocycles. The second-order valence-electron chi connectivity index (χ2n) is 6.48. The molecular weight excluding hydrogens is 384 g/mol. The van der Waals surface area contributed by atoms with Crippen molar-refractivity contribution >= 4 is 23.5 Å². The summed E-state index contributed by atoms with van der Waals surface area (Å²) in [4.78, 5) is 27.8. The van der Waals surface area contributed by atoms with Crippen LogP contribution in [-0.2, 0) is 0 Å². The highest BCUT2D eigenvalue weighted by atomic mass is 35.5. The van der Waals surface area contributed by atoms with Crippen LogP contribution in [0.25, 0.3) is 23.0 Å². The van der Waals surface area contributed by atoms with Gasteiger partial charge in [0, 0.05) is 22.3 Å². The number of nitrogens with zero attached hydrogens (tertiary/aromatic N) is 1. The Kier molecular flexibility index (Phi) is 5.27. The van der Waals surface area contributed by atoms with Crippen LogP contribution >= 0.6 is 11.6 Å². The van der Waals surface area contributed by atoms with Crippen LogP contribution in [0.15, 0.2) is 95.9 Å². The van der Waals surface area contributed by atoms with E-state index in [2.05, 4.69) is 4.98 Å². The van der Waals surface area contributed by atoms with Crippen molar-refractivity contribution in [1.29, 1.82) is 0 Å². The number of aromatic nitrogens is 2. The molecule has 0 radical (unpaired) electrons. The van der Waals surface area contributed by atoms with E-state index in [4.69, 9.17) is 11.6 Å². The summed E-state index contributed by atoms with van der Waals surface area (Å²) in [6.45, 7) is 0. The maximum atomic E-state index is 12.6. The third-order valence-corrected chi connectivity index (χ3v) is 4.78. The van der Waals surface area contributed by atoms with Crippen molar-refractivity contribution in [2.45, 2.75) is 0 Å². The summed E-state index contributed by atoms with van der Waals surface area (Å²) in [7, 11) is 0. The lowest BCUT2D eigenvalue weighted by atomic mass is 10.1. The van der Waals surface area contributed by atoms with Gasteiger partial charge in [-0.1, -0.05) is 72.3 Å². The van der Waals surface area contributed by atoms with Crippen LogP contribution in [0.4, 0.5) is 0 Å². The molecule has 1 aromatic heterocycles. The molecule has 0 amide bonds. The first-order valence-electron chi connectivity index (χ1n) is 9.06. The minimum atomic E-state index is -0.278. The van der Waals surface area contributed by atoms with E-state index >= 15 is 0 Å². The van der Waals surface area contributed by atoms with E-state index < -0.39 is 0 Å². The van der Waals surface area contributed by atoms with Gasteiger partial charge in [-0.2, -0.15) is 0 Å². The average Bonchev–Trinajstić information content (AvgIpc) is 3.15. The van der Waals surface area contributed by atoms with Crippen LogP contribution in [0.5, 0.6) is 0 Å². The van der Waals surface area contributed by atoms with Crippen molar-refractivity contribution in [3.63, 3.8) is 0 Å². The molecule has 0 aliphatic heterocycles. The van der Waals surface area contributed by atoms with E-state index in [1.54, 1.807) is 53.2 Å². The van der Waals surface area contributed by atoms with Crippen molar-refractivity contribution < 1.29 is 4.79 Å². The number of H-pyrrole nitrogens is 1. The number of nitrogens with one attached hydrogen (secondary N) is 1. The molecule has 0 spiro atoms. The minimum Gasteiger partial charge on any atom is -0.312 e. The van der Waals surface area contributed by atoms with E-state index in [0.29, 0.717) is 22.0 Å². The van der Waals surface area contributed by atoms with Gasteiger partial charge in [-0.25, -0.2) is 4.79 Å². The zero-order valence-corrected chi connectivity index (χ0v) is 16.1. The molecule has 0 aliphatic rings. The fraction of sp³-hybridized carbons (Fsp3) is 0. The van der Waals surface area contributed by atoms with Gasteiger partial charge in [0.2, 0.25) is 0 Å². The second-order valence-corrected chi connectivity index (χ2v) is 6.92. The van der Waals surface area contributed by atoms with Crippen molar-refractivity contribution in [3.05, 3.63) is 118 Å². The van der Waals surface area contributed by atoms with Crippen LogP contribution in [0.3, 0.4) is 0 Å². The van der Waals surface area contributed by atoms with Gasteiger partial charge in [-0.3, -0.25) is 9.36 Å². The first-order valence-corrected chi connectivity index (χ1v) is 9.44. The molecule has 3 aromatic carbocycles. The number of halogens is 1. The summed E-state index contributed by atoms with van der Waals surface area (Å²) >= 11 is 5.97. The average molecular weight is 401 g/mol. The highest BCUT2D eigenvalue weighted by Crippen LogP contribution is 2.23. The van der Waals surface area contributed by atoms with Crippen LogP contribution in [-0.4, -0.2) is 15.3 Å². The number of allylic oxidation sites excluding steroid dienone is 1. The first kappa shape index (κ1) is 18.7. The van der Waals surface area contributed by atoms with Gasteiger partial charge in [0.1, 0.15) is 0 Å². The number of benzene rings is 3. The first-order chi connectivity index (χ1) is 14.1. The molecule has 142 valence electrons. The molecule has 1 N–H and O–H groups in total. The highest BCUT2D eigenvalue weighted by Gasteiger charge is 2.12. The number of hydrogen-bond acceptors (Lipinski definition) is 2. The zero-order chi connectivity index (χ0) is 20.2. The molecule has 0 unspecified atom stereocenters. The maximum absolute atomic E-state index is 12.6. The van der Waals surface area contributed by atoms with E-state index in [-0.39, 0.29) is 11.5 Å². The van der Waals surface area contributed by atoms with Gasteiger partial charge in [-0.15, -0.1) is 0 Å². The summed E-state index contributed by atoms with van der Waals surface area (Å²) in [5.41, 5.74) is 3.32. The monoisotopic (exact) mass is 400 g/mol. The highest BCUT2D eigenvalue weighted by molar-refractivity contribution is 6.30. The summed E-state index contributed by atoms with van der Waals surface area (Å²) in [6, 6.07) is 23.9. The van der Waals surface area contributed by atoms with Crippen LogP contribution in [0.1, 0.15) is 15.9 Å². The van der Waals surface area contributed by atoms with Gasteiger partial charge in [0.25, 0.3) is 0 Å². The Morgan fingerprint density at radius 1 is 0.931 bits per heavy atom. The normalized spacial score (nSPS) is 11.1. The number of ketones is 1. The largest absolute Gasteiger partial charge is 0.330 e. The van der Waals surface area contributed by atoms with Crippen molar-refractivity contribution in [2.24, 2.45) is 0 Å². The number of carbonyl (C=O) groups excluding carboxylic acids is 1. The van der Waals surface area contributed by atoms with E-state index in [1.165, 1.54) is 6.08 Å². The molecule has 0 atom stereocenters. The van der Waals surface area contributed by atoms with Crippen LogP contribution in [0, 0.1) is 0 Å². The molecule has 0 saturated heterocycles. The summed E-state index contributed by atoms with van der Waals surface area (Å²) in [6.07, 6.45) is 4.96. The lowest BCUT2D eigenvalue weighted by Crippen LogP contribution is -2.16. The number of aromatic amines is 1. The Morgan fingerprint density at radius 2 is 1.69 bits per heavy atom. The SMILES string of the molecule is O=C(C=Cc1ccccc1)c1cccc(-n2c(-c3ccc(Cl)cc3)c[nH]c2=O)c1. The Morgan fingerprint density at radius 3 is 2.45 bits per heavy atom. The number of carbonyl (C=O) groups is 1. The smallest absolute Gasteiger partial charge is 0.312 e. The molecule has 0 fully saturated rings. The van der Waals surface area contributed by atoms with Crippen molar-refractivity contribution in [2.75, 3.05) is 0 Å². The molecular formula is C24H17ClN2O2. The predicted octanol–water partition coefficient (Wildman–Crippen LogP) is 5.38. The van der Waals surface area contributed by atoms with Crippen LogP contribution < -0.4 is 5.69 Å². The minimum absolute atomic E-state index is 0.132. The molecule has 4 nitrogen and oxygen atoms in total. The van der Waals surface area contributed by atoms with Gasteiger partial charge < -0.3 is 4.98 Å².